The number of hydrogen-bond acceptors (Lipinski definition) is 4. The Kier molecular flexibility index (Phi) is 4.28. The van der Waals surface area contributed by atoms with Gasteiger partial charge in [0.2, 0.25) is 10.0 Å². The van der Waals surface area contributed by atoms with Gasteiger partial charge in [0, 0.05) is 18.7 Å². The van der Waals surface area contributed by atoms with Crippen LogP contribution in [0.1, 0.15) is 5.56 Å². The van der Waals surface area contributed by atoms with E-state index in [1.54, 1.807) is 0 Å². The van der Waals surface area contributed by atoms with E-state index in [-0.39, 0.29) is 17.1 Å². The lowest BCUT2D eigenvalue weighted by Gasteiger charge is -2.09. The number of non-ortho nitro benzene ring substituents is 1. The smallest absolute Gasteiger partial charge is 0.258 e. The lowest BCUT2D eigenvalue weighted by Crippen LogP contribution is -2.23. The predicted molar refractivity (Wildman–Crippen MR) is 91.1 cm³/mol. The quantitative estimate of drug-likeness (QED) is 0.569. The van der Waals surface area contributed by atoms with Crippen molar-refractivity contribution >= 4 is 26.5 Å². The van der Waals surface area contributed by atoms with E-state index in [2.05, 4.69) is 4.72 Å². The van der Waals surface area contributed by atoms with Crippen LogP contribution in [0.2, 0.25) is 0 Å². The summed E-state index contributed by atoms with van der Waals surface area (Å²) in [6.07, 6.45) is 0. The van der Waals surface area contributed by atoms with Gasteiger partial charge in [-0.3, -0.25) is 10.1 Å². The summed E-state index contributed by atoms with van der Waals surface area (Å²) in [6, 6.07) is 18.3. The zero-order valence-corrected chi connectivity index (χ0v) is 13.4. The first kappa shape index (κ1) is 16.1. The van der Waals surface area contributed by atoms with Gasteiger partial charge < -0.3 is 0 Å². The molecule has 0 aromatic heterocycles. The standard InChI is InChI=1S/C17H14N2O4S/c20-19(21)15-8-4-9-16(11-15)24(22,23)18-12-14-7-3-6-13-5-1-2-10-17(13)14/h1-11,18H,12H2. The minimum Gasteiger partial charge on any atom is -0.258 e. The molecule has 0 fully saturated rings. The topological polar surface area (TPSA) is 89.3 Å². The summed E-state index contributed by atoms with van der Waals surface area (Å²) in [5.74, 6) is 0. The lowest BCUT2D eigenvalue weighted by molar-refractivity contribution is -0.385. The number of rotatable bonds is 5. The molecule has 24 heavy (non-hydrogen) atoms. The summed E-state index contributed by atoms with van der Waals surface area (Å²) in [5.41, 5.74) is 0.574. The van der Waals surface area contributed by atoms with E-state index in [0.29, 0.717) is 0 Å². The van der Waals surface area contributed by atoms with Crippen molar-refractivity contribution < 1.29 is 13.3 Å². The van der Waals surface area contributed by atoms with Gasteiger partial charge in [0.05, 0.1) is 9.82 Å². The monoisotopic (exact) mass is 342 g/mol. The van der Waals surface area contributed by atoms with Gasteiger partial charge in [-0.1, -0.05) is 48.5 Å². The molecule has 3 aromatic carbocycles. The Morgan fingerprint density at radius 2 is 1.67 bits per heavy atom. The lowest BCUT2D eigenvalue weighted by atomic mass is 10.1. The van der Waals surface area contributed by atoms with E-state index in [1.807, 2.05) is 42.5 Å². The van der Waals surface area contributed by atoms with Gasteiger partial charge in [-0.2, -0.15) is 0 Å². The fraction of sp³-hybridized carbons (Fsp3) is 0.0588. The molecule has 0 saturated carbocycles. The van der Waals surface area contributed by atoms with E-state index in [0.717, 1.165) is 22.4 Å². The van der Waals surface area contributed by atoms with Crippen molar-refractivity contribution in [2.75, 3.05) is 0 Å². The summed E-state index contributed by atoms with van der Waals surface area (Å²) >= 11 is 0. The van der Waals surface area contributed by atoms with Gasteiger partial charge in [-0.25, -0.2) is 13.1 Å². The number of hydrogen-bond donors (Lipinski definition) is 1. The number of benzene rings is 3. The number of fused-ring (bicyclic) bond motifs is 1. The third kappa shape index (κ3) is 3.27. The van der Waals surface area contributed by atoms with Crippen molar-refractivity contribution in [3.05, 3.63) is 82.4 Å². The second-order valence-corrected chi connectivity index (χ2v) is 6.98. The van der Waals surface area contributed by atoms with Crippen molar-refractivity contribution in [3.63, 3.8) is 0 Å². The van der Waals surface area contributed by atoms with Crippen molar-refractivity contribution in [2.45, 2.75) is 11.4 Å². The van der Waals surface area contributed by atoms with Gasteiger partial charge in [0.15, 0.2) is 0 Å². The van der Waals surface area contributed by atoms with Gasteiger partial charge in [0.1, 0.15) is 0 Å². The first-order chi connectivity index (χ1) is 11.5. The van der Waals surface area contributed by atoms with Crippen molar-refractivity contribution in [1.82, 2.24) is 4.72 Å². The van der Waals surface area contributed by atoms with Crippen LogP contribution in [0.4, 0.5) is 5.69 Å². The normalized spacial score (nSPS) is 11.5. The average molecular weight is 342 g/mol. The number of nitrogens with one attached hydrogen (secondary N) is 1. The van der Waals surface area contributed by atoms with Crippen LogP contribution in [-0.4, -0.2) is 13.3 Å². The Morgan fingerprint density at radius 3 is 2.46 bits per heavy atom. The van der Waals surface area contributed by atoms with Crippen LogP contribution in [0.25, 0.3) is 10.8 Å². The minimum absolute atomic E-state index is 0.104. The molecule has 0 heterocycles. The molecule has 122 valence electrons. The van der Waals surface area contributed by atoms with E-state index >= 15 is 0 Å². The molecule has 0 aliphatic rings. The molecule has 0 aliphatic carbocycles. The maximum Gasteiger partial charge on any atom is 0.270 e. The van der Waals surface area contributed by atoms with Gasteiger partial charge >= 0.3 is 0 Å². The van der Waals surface area contributed by atoms with Gasteiger partial charge in [0.25, 0.3) is 5.69 Å². The van der Waals surface area contributed by atoms with E-state index in [9.17, 15) is 18.5 Å². The zero-order valence-electron chi connectivity index (χ0n) is 12.5. The second kappa shape index (κ2) is 6.38. The predicted octanol–water partition coefficient (Wildman–Crippen LogP) is 3.23. The zero-order chi connectivity index (χ0) is 17.2. The highest BCUT2D eigenvalue weighted by molar-refractivity contribution is 7.89. The number of nitro groups is 1. The maximum atomic E-state index is 12.4. The van der Waals surface area contributed by atoms with Gasteiger partial charge in [-0.05, 0) is 22.4 Å². The molecular weight excluding hydrogens is 328 g/mol. The van der Waals surface area contributed by atoms with Crippen molar-refractivity contribution in [1.29, 1.82) is 0 Å². The fourth-order valence-electron chi connectivity index (χ4n) is 2.47. The van der Waals surface area contributed by atoms with Crippen LogP contribution >= 0.6 is 0 Å². The molecule has 3 aromatic rings. The fourth-order valence-corrected chi connectivity index (χ4v) is 3.51. The Balaban J connectivity index is 1.87. The summed E-state index contributed by atoms with van der Waals surface area (Å²) in [6.45, 7) is 0.104. The summed E-state index contributed by atoms with van der Waals surface area (Å²) in [7, 11) is -3.84. The van der Waals surface area contributed by atoms with Crippen LogP contribution in [0.3, 0.4) is 0 Å². The van der Waals surface area contributed by atoms with Crippen LogP contribution in [-0.2, 0) is 16.6 Å². The number of nitrogens with zero attached hydrogens (tertiary/aromatic N) is 1. The average Bonchev–Trinajstić information content (AvgIpc) is 2.60. The molecule has 0 saturated heterocycles. The summed E-state index contributed by atoms with van der Waals surface area (Å²) in [4.78, 5) is 10.0. The molecule has 3 rings (SSSR count). The third-order valence-corrected chi connectivity index (χ3v) is 5.07. The Hall–Kier alpha value is -2.77. The highest BCUT2D eigenvalue weighted by Gasteiger charge is 2.17. The summed E-state index contributed by atoms with van der Waals surface area (Å²) in [5, 5.41) is 12.8. The summed E-state index contributed by atoms with van der Waals surface area (Å²) < 4.78 is 27.3. The molecule has 0 aliphatic heterocycles. The van der Waals surface area contributed by atoms with Crippen molar-refractivity contribution in [2.24, 2.45) is 0 Å². The molecule has 0 atom stereocenters. The largest absolute Gasteiger partial charge is 0.270 e. The molecule has 1 N–H and O–H groups in total. The van der Waals surface area contributed by atoms with E-state index < -0.39 is 14.9 Å². The molecule has 0 amide bonds. The van der Waals surface area contributed by atoms with Crippen LogP contribution < -0.4 is 4.72 Å². The Bertz CT molecular complexity index is 1010. The first-order valence-electron chi connectivity index (χ1n) is 7.18. The maximum absolute atomic E-state index is 12.4. The van der Waals surface area contributed by atoms with E-state index in [4.69, 9.17) is 0 Å². The Morgan fingerprint density at radius 1 is 0.958 bits per heavy atom. The molecule has 0 radical (unpaired) electrons. The van der Waals surface area contributed by atoms with Crippen LogP contribution in [0.15, 0.2) is 71.6 Å². The molecule has 0 unspecified atom stereocenters. The van der Waals surface area contributed by atoms with E-state index in [1.165, 1.54) is 18.2 Å². The first-order valence-corrected chi connectivity index (χ1v) is 8.66. The van der Waals surface area contributed by atoms with Crippen molar-refractivity contribution in [3.8, 4) is 0 Å². The molecule has 0 bridgehead atoms. The SMILES string of the molecule is O=[N+]([O-])c1cccc(S(=O)(=O)NCc2cccc3ccccc23)c1. The number of sulfonamides is 1. The minimum atomic E-state index is -3.84. The van der Waals surface area contributed by atoms with Crippen LogP contribution in [0.5, 0.6) is 0 Å². The molecule has 0 spiro atoms. The highest BCUT2D eigenvalue weighted by Crippen LogP contribution is 2.20. The molecule has 6 nitrogen and oxygen atoms in total. The van der Waals surface area contributed by atoms with Gasteiger partial charge in [-0.15, -0.1) is 0 Å². The Labute approximate surface area is 138 Å². The highest BCUT2D eigenvalue weighted by atomic mass is 32.2. The number of nitro benzene ring substituents is 1. The third-order valence-electron chi connectivity index (χ3n) is 3.67. The van der Waals surface area contributed by atoms with Crippen LogP contribution in [0, 0.1) is 10.1 Å². The molecule has 7 heteroatoms. The second-order valence-electron chi connectivity index (χ2n) is 5.22. The molecular formula is C17H14N2O4S.